The van der Waals surface area contributed by atoms with Gasteiger partial charge in [-0.25, -0.2) is 8.78 Å². The van der Waals surface area contributed by atoms with E-state index in [0.717, 1.165) is 17.0 Å². The third-order valence-electron chi connectivity index (χ3n) is 5.83. The molecule has 1 saturated heterocycles. The third-order valence-corrected chi connectivity index (χ3v) is 6.07. The number of methoxy groups -OCH3 is 2. The Morgan fingerprint density at radius 1 is 0.973 bits per heavy atom. The minimum atomic E-state index is -1.31. The largest absolute Gasteiger partial charge is 0.507 e. The van der Waals surface area contributed by atoms with Crippen LogP contribution in [0.25, 0.3) is 5.76 Å². The number of benzene rings is 3. The van der Waals surface area contributed by atoms with Crippen molar-refractivity contribution < 1.29 is 37.7 Å². The summed E-state index contributed by atoms with van der Waals surface area (Å²) >= 11 is 6.13. The van der Waals surface area contributed by atoms with E-state index in [9.17, 15) is 23.5 Å². The van der Waals surface area contributed by atoms with Crippen molar-refractivity contribution in [3.63, 3.8) is 0 Å². The number of aliphatic hydroxyl groups excluding tert-OH is 1. The lowest BCUT2D eigenvalue weighted by Gasteiger charge is -2.26. The maximum atomic E-state index is 14.9. The van der Waals surface area contributed by atoms with Crippen LogP contribution in [0.2, 0.25) is 5.02 Å². The second kappa shape index (κ2) is 10.5. The van der Waals surface area contributed by atoms with Crippen LogP contribution >= 0.6 is 11.6 Å². The number of hydrogen-bond donors (Lipinski definition) is 1. The van der Waals surface area contributed by atoms with Crippen molar-refractivity contribution in [2.24, 2.45) is 0 Å². The summed E-state index contributed by atoms with van der Waals surface area (Å²) in [7, 11) is 2.81. The summed E-state index contributed by atoms with van der Waals surface area (Å²) in [5.41, 5.74) is -0.341. The molecular formula is C27H22ClF2NO6. The van der Waals surface area contributed by atoms with E-state index in [1.54, 1.807) is 19.1 Å². The van der Waals surface area contributed by atoms with Crippen LogP contribution < -0.4 is 19.1 Å². The van der Waals surface area contributed by atoms with Crippen molar-refractivity contribution in [1.29, 1.82) is 0 Å². The SMILES string of the molecule is CCOc1cc(C2/C(=C(\O)c3cc(Cl)ccc3OC)C(=O)C(=O)N2c2ccc(F)cc2F)ccc1OC. The van der Waals surface area contributed by atoms with Crippen molar-refractivity contribution in [3.8, 4) is 17.2 Å². The van der Waals surface area contributed by atoms with E-state index in [4.69, 9.17) is 25.8 Å². The van der Waals surface area contributed by atoms with Gasteiger partial charge in [0.1, 0.15) is 23.1 Å². The van der Waals surface area contributed by atoms with E-state index in [-0.39, 0.29) is 34.2 Å². The van der Waals surface area contributed by atoms with E-state index in [1.807, 2.05) is 0 Å². The van der Waals surface area contributed by atoms with Crippen LogP contribution in [0.4, 0.5) is 14.5 Å². The maximum Gasteiger partial charge on any atom is 0.300 e. The molecule has 1 aliphatic heterocycles. The van der Waals surface area contributed by atoms with Crippen molar-refractivity contribution >= 4 is 34.7 Å². The Morgan fingerprint density at radius 2 is 1.68 bits per heavy atom. The number of ketones is 1. The van der Waals surface area contributed by atoms with Crippen molar-refractivity contribution in [1.82, 2.24) is 0 Å². The molecule has 3 aromatic rings. The maximum absolute atomic E-state index is 14.9. The molecule has 1 N–H and O–H groups in total. The number of anilines is 1. The van der Waals surface area contributed by atoms with Gasteiger partial charge >= 0.3 is 0 Å². The average molecular weight is 530 g/mol. The zero-order chi connectivity index (χ0) is 26.9. The topological polar surface area (TPSA) is 85.3 Å². The van der Waals surface area contributed by atoms with E-state index >= 15 is 0 Å². The van der Waals surface area contributed by atoms with Gasteiger partial charge in [0.2, 0.25) is 0 Å². The fraction of sp³-hybridized carbons (Fsp3) is 0.185. The number of amides is 1. The molecule has 0 aromatic heterocycles. The molecule has 0 spiro atoms. The number of rotatable bonds is 7. The standard InChI is InChI=1S/C27H22ClF2NO6/c1-4-37-22-11-14(5-9-21(22)36-3)24-23(25(32)17-12-15(28)6-10-20(17)35-2)26(33)27(34)31(24)19-8-7-16(29)13-18(19)30/h5-13,24,32H,4H2,1-3H3/b25-23+. The summed E-state index contributed by atoms with van der Waals surface area (Å²) < 4.78 is 44.9. The monoisotopic (exact) mass is 529 g/mol. The number of Topliss-reactive ketones (excluding diaryl/α,β-unsaturated/α-hetero) is 1. The molecule has 1 aliphatic rings. The molecule has 1 atom stereocenters. The van der Waals surface area contributed by atoms with Crippen molar-refractivity contribution in [2.75, 3.05) is 25.7 Å². The quantitative estimate of drug-likeness (QED) is 0.241. The lowest BCUT2D eigenvalue weighted by molar-refractivity contribution is -0.132. The smallest absolute Gasteiger partial charge is 0.300 e. The lowest BCUT2D eigenvalue weighted by Crippen LogP contribution is -2.30. The highest BCUT2D eigenvalue weighted by molar-refractivity contribution is 6.51. The first-order valence-electron chi connectivity index (χ1n) is 11.1. The predicted molar refractivity (Wildman–Crippen MR) is 133 cm³/mol. The fourth-order valence-corrected chi connectivity index (χ4v) is 4.39. The Hall–Kier alpha value is -4.11. The van der Waals surface area contributed by atoms with Gasteiger partial charge in [0, 0.05) is 11.1 Å². The molecule has 37 heavy (non-hydrogen) atoms. The number of ether oxygens (including phenoxy) is 3. The van der Waals surface area contributed by atoms with Crippen LogP contribution in [0.5, 0.6) is 17.2 Å². The van der Waals surface area contributed by atoms with Crippen LogP contribution in [-0.2, 0) is 9.59 Å². The van der Waals surface area contributed by atoms with Crippen LogP contribution in [0.1, 0.15) is 24.1 Å². The van der Waals surface area contributed by atoms with E-state index in [2.05, 4.69) is 0 Å². The van der Waals surface area contributed by atoms with Crippen LogP contribution in [-0.4, -0.2) is 37.6 Å². The number of hydrogen-bond acceptors (Lipinski definition) is 6. The molecule has 7 nitrogen and oxygen atoms in total. The molecule has 1 heterocycles. The molecule has 1 unspecified atom stereocenters. The van der Waals surface area contributed by atoms with Crippen LogP contribution in [0.15, 0.2) is 60.2 Å². The summed E-state index contributed by atoms with van der Waals surface area (Å²) in [5.74, 6) is -3.84. The molecule has 1 fully saturated rings. The van der Waals surface area contributed by atoms with Gasteiger partial charge in [0.05, 0.1) is 43.7 Å². The minimum Gasteiger partial charge on any atom is -0.507 e. The Balaban J connectivity index is 2.03. The van der Waals surface area contributed by atoms with Gasteiger partial charge < -0.3 is 19.3 Å². The summed E-state index contributed by atoms with van der Waals surface area (Å²) in [4.78, 5) is 27.5. The highest BCUT2D eigenvalue weighted by atomic mass is 35.5. The summed E-state index contributed by atoms with van der Waals surface area (Å²) in [6.45, 7) is 2.05. The van der Waals surface area contributed by atoms with E-state index in [1.165, 1.54) is 38.5 Å². The van der Waals surface area contributed by atoms with Crippen molar-refractivity contribution in [2.45, 2.75) is 13.0 Å². The molecule has 192 valence electrons. The van der Waals surface area contributed by atoms with Gasteiger partial charge in [-0.15, -0.1) is 0 Å². The summed E-state index contributed by atoms with van der Waals surface area (Å²) in [5, 5.41) is 11.6. The number of nitrogens with zero attached hydrogens (tertiary/aromatic N) is 1. The Labute approximate surface area is 216 Å². The summed E-state index contributed by atoms with van der Waals surface area (Å²) in [6.07, 6.45) is 0. The van der Waals surface area contributed by atoms with Gasteiger partial charge in [0.25, 0.3) is 11.7 Å². The number of aliphatic hydroxyl groups is 1. The fourth-order valence-electron chi connectivity index (χ4n) is 4.22. The lowest BCUT2D eigenvalue weighted by atomic mass is 9.94. The zero-order valence-corrected chi connectivity index (χ0v) is 20.8. The van der Waals surface area contributed by atoms with E-state index in [0.29, 0.717) is 23.1 Å². The molecule has 1 amide bonds. The molecule has 0 aliphatic carbocycles. The van der Waals surface area contributed by atoms with Gasteiger partial charge in [0.15, 0.2) is 11.5 Å². The molecule has 0 bridgehead atoms. The van der Waals surface area contributed by atoms with Crippen molar-refractivity contribution in [3.05, 3.63) is 88.0 Å². The van der Waals surface area contributed by atoms with Gasteiger partial charge in [-0.05, 0) is 55.0 Å². The molecule has 0 saturated carbocycles. The van der Waals surface area contributed by atoms with E-state index < -0.39 is 35.1 Å². The Kier molecular flexibility index (Phi) is 7.35. The van der Waals surface area contributed by atoms with Gasteiger partial charge in [-0.3, -0.25) is 14.5 Å². The summed E-state index contributed by atoms with van der Waals surface area (Å²) in [6, 6.07) is 10.3. The first-order valence-corrected chi connectivity index (χ1v) is 11.5. The molecule has 10 heteroatoms. The Morgan fingerprint density at radius 3 is 2.32 bits per heavy atom. The molecule has 4 rings (SSSR count). The first kappa shape index (κ1) is 26.0. The minimum absolute atomic E-state index is 0.0520. The number of carbonyl (C=O) groups excluding carboxylic acids is 2. The molecule has 0 radical (unpaired) electrons. The van der Waals surface area contributed by atoms with Crippen LogP contribution in [0, 0.1) is 11.6 Å². The number of carbonyl (C=O) groups is 2. The first-order chi connectivity index (χ1) is 17.7. The van der Waals surface area contributed by atoms with Crippen LogP contribution in [0.3, 0.4) is 0 Å². The zero-order valence-electron chi connectivity index (χ0n) is 20.1. The Bertz CT molecular complexity index is 1420. The molecular weight excluding hydrogens is 508 g/mol. The van der Waals surface area contributed by atoms with Gasteiger partial charge in [-0.2, -0.15) is 0 Å². The second-order valence-electron chi connectivity index (χ2n) is 7.95. The average Bonchev–Trinajstić information content (AvgIpc) is 3.14. The normalized spacial score (nSPS) is 16.7. The third kappa shape index (κ3) is 4.70. The van der Waals surface area contributed by atoms with Gasteiger partial charge in [-0.1, -0.05) is 17.7 Å². The highest BCUT2D eigenvalue weighted by Crippen LogP contribution is 2.45. The molecule has 3 aromatic carbocycles. The highest BCUT2D eigenvalue weighted by Gasteiger charge is 2.48. The predicted octanol–water partition coefficient (Wildman–Crippen LogP) is 5.66. The number of halogens is 3. The second-order valence-corrected chi connectivity index (χ2v) is 8.39.